The summed E-state index contributed by atoms with van der Waals surface area (Å²) < 4.78 is 1.09. The van der Waals surface area contributed by atoms with Gasteiger partial charge < -0.3 is 16.0 Å². The van der Waals surface area contributed by atoms with Crippen LogP contribution in [-0.4, -0.2) is 34.9 Å². The maximum atomic E-state index is 12.7. The van der Waals surface area contributed by atoms with E-state index in [1.807, 2.05) is 45.0 Å². The molecule has 2 aromatic rings. The normalized spacial score (nSPS) is 13.8. The average Bonchev–Trinajstić information content (AvgIpc) is 2.94. The van der Waals surface area contributed by atoms with E-state index in [4.69, 9.17) is 5.73 Å². The highest BCUT2D eigenvalue weighted by Crippen LogP contribution is 2.29. The van der Waals surface area contributed by atoms with E-state index in [2.05, 4.69) is 10.3 Å². The highest BCUT2D eigenvalue weighted by atomic mass is 32.1. The molecule has 0 fully saturated rings. The summed E-state index contributed by atoms with van der Waals surface area (Å²) in [5.74, 6) is -0.231. The van der Waals surface area contributed by atoms with Gasteiger partial charge in [-0.3, -0.25) is 4.79 Å². The lowest BCUT2D eigenvalue weighted by atomic mass is 10.0. The maximum absolute atomic E-state index is 12.7. The van der Waals surface area contributed by atoms with E-state index in [0.717, 1.165) is 15.2 Å². The minimum absolute atomic E-state index is 0.0555. The molecule has 1 aromatic heterocycles. The molecule has 0 aliphatic rings. The second-order valence-corrected chi connectivity index (χ2v) is 6.94. The Kier molecular flexibility index (Phi) is 5.20. The number of likely N-dealkylation sites (N-methyl/N-ethyl adjacent to an activating group) is 1. The third-order valence-electron chi connectivity index (χ3n) is 3.83. The summed E-state index contributed by atoms with van der Waals surface area (Å²) in [4.78, 5) is 30.0. The number of primary amides is 1. The molecule has 0 aliphatic heterocycles. The number of nitrogens with two attached hydrogens (primary N) is 1. The summed E-state index contributed by atoms with van der Waals surface area (Å²) in [6.45, 7) is 5.67. The summed E-state index contributed by atoms with van der Waals surface area (Å²) in [5, 5.41) is 3.39. The highest BCUT2D eigenvalue weighted by molar-refractivity contribution is 7.18. The second kappa shape index (κ2) is 6.95. The molecule has 0 bridgehead atoms. The van der Waals surface area contributed by atoms with Gasteiger partial charge in [0, 0.05) is 7.05 Å². The number of benzene rings is 1. The van der Waals surface area contributed by atoms with Crippen LogP contribution in [0.3, 0.4) is 0 Å². The number of hydrogen-bond acceptors (Lipinski definition) is 4. The molecule has 0 unspecified atom stereocenters. The minimum atomic E-state index is -0.696. The largest absolute Gasteiger partial charge is 0.352 e. The third-order valence-corrected chi connectivity index (χ3v) is 5.03. The number of aromatic nitrogens is 1. The van der Waals surface area contributed by atoms with E-state index in [1.54, 1.807) is 23.3 Å². The molecule has 1 heterocycles. The van der Waals surface area contributed by atoms with Crippen LogP contribution in [-0.2, 0) is 4.79 Å². The van der Waals surface area contributed by atoms with Crippen molar-refractivity contribution in [2.24, 2.45) is 11.7 Å². The molecule has 0 saturated heterocycles. The molecule has 0 spiro atoms. The summed E-state index contributed by atoms with van der Waals surface area (Å²) in [5.41, 5.74) is 6.10. The van der Waals surface area contributed by atoms with Crippen LogP contribution in [0.2, 0.25) is 0 Å². The number of urea groups is 1. The van der Waals surface area contributed by atoms with Gasteiger partial charge in [0.25, 0.3) is 0 Å². The van der Waals surface area contributed by atoms with Crippen LogP contribution in [0.4, 0.5) is 4.79 Å². The van der Waals surface area contributed by atoms with Gasteiger partial charge in [-0.2, -0.15) is 0 Å². The van der Waals surface area contributed by atoms with E-state index in [1.165, 1.54) is 0 Å². The zero-order chi connectivity index (χ0) is 17.1. The lowest BCUT2D eigenvalue weighted by molar-refractivity contribution is -0.134. The molecule has 7 heteroatoms. The Morgan fingerprint density at radius 3 is 2.48 bits per heavy atom. The van der Waals surface area contributed by atoms with Crippen LogP contribution >= 0.6 is 11.3 Å². The molecule has 23 heavy (non-hydrogen) atoms. The van der Waals surface area contributed by atoms with Crippen LogP contribution in [0.5, 0.6) is 0 Å². The van der Waals surface area contributed by atoms with Crippen LogP contribution in [0.1, 0.15) is 31.8 Å². The van der Waals surface area contributed by atoms with Crippen molar-refractivity contribution in [3.8, 4) is 0 Å². The Morgan fingerprint density at radius 1 is 1.26 bits per heavy atom. The number of amides is 3. The number of carbonyl (C=O) groups is 2. The van der Waals surface area contributed by atoms with Gasteiger partial charge in [-0.1, -0.05) is 26.0 Å². The fourth-order valence-corrected chi connectivity index (χ4v) is 3.37. The van der Waals surface area contributed by atoms with Crippen molar-refractivity contribution in [2.45, 2.75) is 32.9 Å². The van der Waals surface area contributed by atoms with Gasteiger partial charge in [0.1, 0.15) is 11.0 Å². The Balaban J connectivity index is 2.21. The fraction of sp³-hybridized carbons (Fsp3) is 0.438. The number of hydrogen-bond donors (Lipinski definition) is 2. The SMILES string of the molecule is CC(C)[C@H](NC(N)=O)C(=O)N(C)[C@H](C)c1nc2ccccc2s1. The highest BCUT2D eigenvalue weighted by Gasteiger charge is 2.30. The summed E-state index contributed by atoms with van der Waals surface area (Å²) in [6, 6.07) is 6.35. The number of fused-ring (bicyclic) bond motifs is 1. The summed E-state index contributed by atoms with van der Waals surface area (Å²) in [7, 11) is 1.72. The standard InChI is InChI=1S/C16H22N4O2S/c1-9(2)13(19-16(17)22)15(21)20(4)10(3)14-18-11-7-5-6-8-12(11)23-14/h5-10,13H,1-4H3,(H3,17,19,22)/t10-,13+/m1/s1. The quantitative estimate of drug-likeness (QED) is 0.880. The third kappa shape index (κ3) is 3.79. The lowest BCUT2D eigenvalue weighted by Crippen LogP contribution is -2.52. The first-order chi connectivity index (χ1) is 10.8. The minimum Gasteiger partial charge on any atom is -0.352 e. The molecule has 2 atom stereocenters. The van der Waals surface area contributed by atoms with Crippen LogP contribution in [0, 0.1) is 5.92 Å². The monoisotopic (exact) mass is 334 g/mol. The van der Waals surface area contributed by atoms with Crippen molar-refractivity contribution >= 4 is 33.5 Å². The molecule has 3 amide bonds. The van der Waals surface area contributed by atoms with E-state index in [0.29, 0.717) is 0 Å². The zero-order valence-corrected chi connectivity index (χ0v) is 14.6. The number of nitrogens with zero attached hydrogens (tertiary/aromatic N) is 2. The zero-order valence-electron chi connectivity index (χ0n) is 13.7. The number of rotatable bonds is 5. The predicted molar refractivity (Wildman–Crippen MR) is 92.2 cm³/mol. The Labute approximate surface area is 139 Å². The first-order valence-electron chi connectivity index (χ1n) is 7.49. The van der Waals surface area contributed by atoms with Crippen molar-refractivity contribution in [2.75, 3.05) is 7.05 Å². The van der Waals surface area contributed by atoms with Crippen LogP contribution in [0.15, 0.2) is 24.3 Å². The maximum Gasteiger partial charge on any atom is 0.312 e. The Hall–Kier alpha value is -2.15. The molecule has 0 saturated carbocycles. The van der Waals surface area contributed by atoms with Gasteiger partial charge >= 0.3 is 6.03 Å². The molecular weight excluding hydrogens is 312 g/mol. The van der Waals surface area contributed by atoms with Gasteiger partial charge in [-0.05, 0) is 25.0 Å². The van der Waals surface area contributed by atoms with Crippen molar-refractivity contribution in [3.63, 3.8) is 0 Å². The lowest BCUT2D eigenvalue weighted by Gasteiger charge is -2.29. The average molecular weight is 334 g/mol. The number of nitrogens with one attached hydrogen (secondary N) is 1. The van der Waals surface area contributed by atoms with Gasteiger partial charge in [0.15, 0.2) is 0 Å². The molecule has 1 aromatic carbocycles. The summed E-state index contributed by atoms with van der Waals surface area (Å²) in [6.07, 6.45) is 0. The molecule has 0 aliphatic carbocycles. The first kappa shape index (κ1) is 17.2. The fourth-order valence-electron chi connectivity index (χ4n) is 2.31. The van der Waals surface area contributed by atoms with E-state index in [9.17, 15) is 9.59 Å². The van der Waals surface area contributed by atoms with Crippen molar-refractivity contribution in [1.29, 1.82) is 0 Å². The van der Waals surface area contributed by atoms with Crippen molar-refractivity contribution in [1.82, 2.24) is 15.2 Å². The molecule has 6 nitrogen and oxygen atoms in total. The van der Waals surface area contributed by atoms with Gasteiger partial charge in [0.2, 0.25) is 5.91 Å². The van der Waals surface area contributed by atoms with Crippen molar-refractivity contribution in [3.05, 3.63) is 29.3 Å². The molecule has 0 radical (unpaired) electrons. The molecular formula is C16H22N4O2S. The van der Waals surface area contributed by atoms with E-state index < -0.39 is 12.1 Å². The molecule has 2 rings (SSSR count). The van der Waals surface area contributed by atoms with Gasteiger partial charge in [-0.15, -0.1) is 11.3 Å². The molecule has 124 valence electrons. The number of carbonyl (C=O) groups excluding carboxylic acids is 2. The predicted octanol–water partition coefficient (Wildman–Crippen LogP) is 2.51. The number of para-hydroxylation sites is 1. The second-order valence-electron chi connectivity index (χ2n) is 5.88. The Morgan fingerprint density at radius 2 is 1.91 bits per heavy atom. The first-order valence-corrected chi connectivity index (χ1v) is 8.31. The van der Waals surface area contributed by atoms with E-state index in [-0.39, 0.29) is 17.9 Å². The Bertz CT molecular complexity index is 680. The summed E-state index contributed by atoms with van der Waals surface area (Å²) >= 11 is 1.57. The van der Waals surface area contributed by atoms with Gasteiger partial charge in [-0.25, -0.2) is 9.78 Å². The molecule has 3 N–H and O–H groups in total. The van der Waals surface area contributed by atoms with Crippen LogP contribution in [0.25, 0.3) is 10.2 Å². The van der Waals surface area contributed by atoms with E-state index >= 15 is 0 Å². The number of thiazole rings is 1. The topological polar surface area (TPSA) is 88.3 Å². The van der Waals surface area contributed by atoms with Crippen molar-refractivity contribution < 1.29 is 9.59 Å². The van der Waals surface area contributed by atoms with Gasteiger partial charge in [0.05, 0.1) is 16.3 Å². The smallest absolute Gasteiger partial charge is 0.312 e. The van der Waals surface area contributed by atoms with Crippen LogP contribution < -0.4 is 11.1 Å².